The molecule has 2 N–H and O–H groups in total. The minimum atomic E-state index is 0. The summed E-state index contributed by atoms with van der Waals surface area (Å²) in [5.74, 6) is 3.40. The fraction of sp³-hybridized carbons (Fsp3) is 0.833. The predicted octanol–water partition coefficient (Wildman–Crippen LogP) is 4.19. The lowest BCUT2D eigenvalue weighted by molar-refractivity contribution is 0.166. The van der Waals surface area contributed by atoms with E-state index < -0.39 is 0 Å². The summed E-state index contributed by atoms with van der Waals surface area (Å²) in [5, 5.41) is 7.03. The van der Waals surface area contributed by atoms with Crippen LogP contribution in [0.25, 0.3) is 0 Å². The number of nitrogens with zero attached hydrogens (tertiary/aromatic N) is 4. The number of rotatable bonds is 12. The van der Waals surface area contributed by atoms with Gasteiger partial charge >= 0.3 is 0 Å². The average molecular weight is 563 g/mol. The molecule has 1 aromatic rings. The average Bonchev–Trinajstić information content (AvgIpc) is 3.07. The molecule has 186 valence electrons. The van der Waals surface area contributed by atoms with Gasteiger partial charge in [0.05, 0.1) is 12.2 Å². The number of piperidine rings is 1. The van der Waals surface area contributed by atoms with E-state index in [0.717, 1.165) is 69.1 Å². The molecule has 2 heterocycles. The molecule has 8 heteroatoms. The van der Waals surface area contributed by atoms with Crippen LogP contribution in [-0.4, -0.2) is 72.6 Å². The lowest BCUT2D eigenvalue weighted by Crippen LogP contribution is -2.43. The molecule has 0 radical (unpaired) electrons. The van der Waals surface area contributed by atoms with Crippen molar-refractivity contribution in [3.63, 3.8) is 0 Å². The highest BCUT2D eigenvalue weighted by atomic mass is 127. The molecule has 0 aliphatic carbocycles. The minimum Gasteiger partial charge on any atom is -0.444 e. The van der Waals surface area contributed by atoms with Crippen LogP contribution in [0.1, 0.15) is 70.7 Å². The third-order valence-electron chi connectivity index (χ3n) is 6.38. The summed E-state index contributed by atoms with van der Waals surface area (Å²) >= 11 is 0. The van der Waals surface area contributed by atoms with E-state index in [4.69, 9.17) is 9.41 Å². The number of aryl methyl sites for hydroxylation is 2. The van der Waals surface area contributed by atoms with Crippen molar-refractivity contribution in [1.29, 1.82) is 0 Å². The van der Waals surface area contributed by atoms with Crippen molar-refractivity contribution in [3.8, 4) is 0 Å². The van der Waals surface area contributed by atoms with Gasteiger partial charge in [-0.2, -0.15) is 0 Å². The van der Waals surface area contributed by atoms with E-state index in [2.05, 4.69) is 53.1 Å². The number of oxazole rings is 1. The van der Waals surface area contributed by atoms with E-state index in [-0.39, 0.29) is 24.0 Å². The molecule has 1 aliphatic heterocycles. The standard InChI is InChI=1S/C24H46N6O.HI/c1-7-25-24(27-19(4)11-10-14-29(8-2)9-3)26-17-22-12-15-30(16-13-22)18-23-28-20(5)21(6)31-23;/h19,22H,7-18H2,1-6H3,(H2,25,26,27);1H. The number of aromatic nitrogens is 1. The van der Waals surface area contributed by atoms with Gasteiger partial charge in [-0.15, -0.1) is 24.0 Å². The number of guanidine groups is 1. The zero-order valence-electron chi connectivity index (χ0n) is 21.2. The molecular weight excluding hydrogens is 515 g/mol. The molecule has 0 bridgehead atoms. The summed E-state index contributed by atoms with van der Waals surface area (Å²) in [5.41, 5.74) is 1.00. The monoisotopic (exact) mass is 562 g/mol. The Morgan fingerprint density at radius 1 is 1.22 bits per heavy atom. The zero-order valence-corrected chi connectivity index (χ0v) is 23.6. The zero-order chi connectivity index (χ0) is 22.6. The number of hydrogen-bond acceptors (Lipinski definition) is 5. The second-order valence-electron chi connectivity index (χ2n) is 8.90. The van der Waals surface area contributed by atoms with E-state index in [0.29, 0.717) is 12.0 Å². The van der Waals surface area contributed by atoms with E-state index in [1.54, 1.807) is 0 Å². The Hall–Kier alpha value is -0.870. The SMILES string of the molecule is CCNC(=NCC1CCN(Cc2nc(C)c(C)o2)CC1)NC(C)CCCN(CC)CC.I. The maximum absolute atomic E-state index is 5.75. The molecule has 32 heavy (non-hydrogen) atoms. The highest BCUT2D eigenvalue weighted by molar-refractivity contribution is 14.0. The molecule has 2 rings (SSSR count). The van der Waals surface area contributed by atoms with E-state index >= 15 is 0 Å². The van der Waals surface area contributed by atoms with Crippen molar-refractivity contribution in [3.05, 3.63) is 17.3 Å². The highest BCUT2D eigenvalue weighted by Crippen LogP contribution is 2.20. The van der Waals surface area contributed by atoms with Gasteiger partial charge in [-0.05, 0) is 92.0 Å². The highest BCUT2D eigenvalue weighted by Gasteiger charge is 2.21. The minimum absolute atomic E-state index is 0. The second kappa shape index (κ2) is 15.9. The molecular formula is C24H47IN6O. The van der Waals surface area contributed by atoms with Crippen LogP contribution in [-0.2, 0) is 6.54 Å². The summed E-state index contributed by atoms with van der Waals surface area (Å²) in [6.45, 7) is 21.1. The Morgan fingerprint density at radius 2 is 1.91 bits per heavy atom. The first kappa shape index (κ1) is 29.2. The number of nitrogens with one attached hydrogen (secondary N) is 2. The summed E-state index contributed by atoms with van der Waals surface area (Å²) in [4.78, 5) is 14.4. The van der Waals surface area contributed by atoms with E-state index in [9.17, 15) is 0 Å². The smallest absolute Gasteiger partial charge is 0.208 e. The Balaban J connectivity index is 0.00000512. The first-order valence-corrected chi connectivity index (χ1v) is 12.4. The Labute approximate surface area is 213 Å². The first-order chi connectivity index (χ1) is 14.9. The Morgan fingerprint density at radius 3 is 2.47 bits per heavy atom. The number of halogens is 1. The van der Waals surface area contributed by atoms with Crippen molar-refractivity contribution < 1.29 is 4.42 Å². The van der Waals surface area contributed by atoms with Crippen LogP contribution in [0, 0.1) is 19.8 Å². The van der Waals surface area contributed by atoms with Crippen LogP contribution in [0.15, 0.2) is 9.41 Å². The normalized spacial score (nSPS) is 16.8. The molecule has 1 saturated heterocycles. The van der Waals surface area contributed by atoms with Crippen molar-refractivity contribution in [2.45, 2.75) is 79.8 Å². The summed E-state index contributed by atoms with van der Waals surface area (Å²) in [6, 6.07) is 0.433. The summed E-state index contributed by atoms with van der Waals surface area (Å²) in [7, 11) is 0. The fourth-order valence-corrected chi connectivity index (χ4v) is 4.13. The maximum Gasteiger partial charge on any atom is 0.208 e. The van der Waals surface area contributed by atoms with Gasteiger partial charge in [-0.25, -0.2) is 4.98 Å². The van der Waals surface area contributed by atoms with Crippen LogP contribution >= 0.6 is 24.0 Å². The molecule has 1 aliphatic rings. The first-order valence-electron chi connectivity index (χ1n) is 12.4. The fourth-order valence-electron chi connectivity index (χ4n) is 4.13. The van der Waals surface area contributed by atoms with Gasteiger partial charge in [0.25, 0.3) is 0 Å². The van der Waals surface area contributed by atoms with Gasteiger partial charge in [0.1, 0.15) is 5.76 Å². The topological polar surface area (TPSA) is 68.9 Å². The number of aliphatic imine (C=N–C) groups is 1. The molecule has 1 atom stereocenters. The van der Waals surface area contributed by atoms with E-state index in [1.807, 2.05) is 13.8 Å². The van der Waals surface area contributed by atoms with Crippen molar-refractivity contribution in [2.75, 3.05) is 45.8 Å². The van der Waals surface area contributed by atoms with Crippen LogP contribution in [0.4, 0.5) is 0 Å². The van der Waals surface area contributed by atoms with Crippen LogP contribution in [0.3, 0.4) is 0 Å². The van der Waals surface area contributed by atoms with Gasteiger partial charge in [0.15, 0.2) is 5.96 Å². The lowest BCUT2D eigenvalue weighted by atomic mass is 9.97. The second-order valence-corrected chi connectivity index (χ2v) is 8.90. The third-order valence-corrected chi connectivity index (χ3v) is 6.38. The van der Waals surface area contributed by atoms with Crippen molar-refractivity contribution in [1.82, 2.24) is 25.4 Å². The Bertz CT molecular complexity index is 633. The van der Waals surface area contributed by atoms with Crippen LogP contribution in [0.5, 0.6) is 0 Å². The molecule has 1 aromatic heterocycles. The molecule has 0 amide bonds. The maximum atomic E-state index is 5.75. The molecule has 0 aromatic carbocycles. The van der Waals surface area contributed by atoms with Crippen molar-refractivity contribution in [2.24, 2.45) is 10.9 Å². The molecule has 1 fully saturated rings. The van der Waals surface area contributed by atoms with Gasteiger partial charge < -0.3 is 20.0 Å². The molecule has 0 spiro atoms. The van der Waals surface area contributed by atoms with Crippen LogP contribution < -0.4 is 10.6 Å². The van der Waals surface area contributed by atoms with Crippen LogP contribution in [0.2, 0.25) is 0 Å². The lowest BCUT2D eigenvalue weighted by Gasteiger charge is -2.30. The summed E-state index contributed by atoms with van der Waals surface area (Å²) < 4.78 is 5.75. The van der Waals surface area contributed by atoms with Gasteiger partial charge in [0.2, 0.25) is 5.89 Å². The predicted molar refractivity (Wildman–Crippen MR) is 145 cm³/mol. The quantitative estimate of drug-likeness (QED) is 0.226. The largest absolute Gasteiger partial charge is 0.444 e. The van der Waals surface area contributed by atoms with Gasteiger partial charge in [-0.1, -0.05) is 13.8 Å². The van der Waals surface area contributed by atoms with Gasteiger partial charge in [0, 0.05) is 19.1 Å². The third kappa shape index (κ3) is 10.4. The van der Waals surface area contributed by atoms with E-state index in [1.165, 1.54) is 32.2 Å². The number of hydrogen-bond donors (Lipinski definition) is 2. The molecule has 7 nitrogen and oxygen atoms in total. The van der Waals surface area contributed by atoms with Gasteiger partial charge in [-0.3, -0.25) is 9.89 Å². The van der Waals surface area contributed by atoms with Crippen molar-refractivity contribution >= 4 is 29.9 Å². The summed E-state index contributed by atoms with van der Waals surface area (Å²) in [6.07, 6.45) is 4.75. The molecule has 1 unspecified atom stereocenters. The number of likely N-dealkylation sites (tertiary alicyclic amines) is 1. The Kier molecular flexibility index (Phi) is 14.5. The molecule has 0 saturated carbocycles.